The third-order valence-electron chi connectivity index (χ3n) is 2.11. The number of halogens is 1. The van der Waals surface area contributed by atoms with E-state index < -0.39 is 6.04 Å². The quantitative estimate of drug-likeness (QED) is 0.832. The van der Waals surface area contributed by atoms with Crippen LogP contribution in [0.15, 0.2) is 22.7 Å². The largest absolute Gasteiger partial charge is 0.497 e. The average Bonchev–Trinajstić information content (AvgIpc) is 2.32. The molecule has 0 saturated heterocycles. The van der Waals surface area contributed by atoms with Crippen LogP contribution in [0.3, 0.4) is 0 Å². The first-order chi connectivity index (χ1) is 8.08. The minimum Gasteiger partial charge on any atom is -0.497 e. The van der Waals surface area contributed by atoms with E-state index in [1.165, 1.54) is 0 Å². The number of rotatable bonds is 4. The van der Waals surface area contributed by atoms with E-state index in [-0.39, 0.29) is 12.3 Å². The normalized spacial score (nSPS) is 11.4. The Bertz CT molecular complexity index is 454. The van der Waals surface area contributed by atoms with Crippen molar-refractivity contribution in [2.24, 2.45) is 5.73 Å². The van der Waals surface area contributed by atoms with Gasteiger partial charge in [0.05, 0.1) is 18.8 Å². The van der Waals surface area contributed by atoms with E-state index in [0.29, 0.717) is 11.4 Å². The standard InChI is InChI=1S/C12H13BrN2O2/c1-3-4-10(14)12(16)15-11-7-8(17-2)5-6-9(11)13/h1,5-7,10H,4,14H2,2H3,(H,15,16). The van der Waals surface area contributed by atoms with E-state index in [4.69, 9.17) is 16.9 Å². The van der Waals surface area contributed by atoms with Gasteiger partial charge >= 0.3 is 0 Å². The molecule has 0 aliphatic rings. The fourth-order valence-electron chi connectivity index (χ4n) is 1.17. The Morgan fingerprint density at radius 3 is 3.00 bits per heavy atom. The molecule has 1 amide bonds. The highest BCUT2D eigenvalue weighted by molar-refractivity contribution is 9.10. The van der Waals surface area contributed by atoms with Crippen molar-refractivity contribution in [3.63, 3.8) is 0 Å². The Kier molecular flexibility index (Phi) is 5.01. The van der Waals surface area contributed by atoms with Crippen molar-refractivity contribution in [3.05, 3.63) is 22.7 Å². The van der Waals surface area contributed by atoms with Gasteiger partial charge in [-0.05, 0) is 28.1 Å². The summed E-state index contributed by atoms with van der Waals surface area (Å²) in [6.07, 6.45) is 5.30. The predicted octanol–water partition coefficient (Wildman–Crippen LogP) is 1.75. The first-order valence-electron chi connectivity index (χ1n) is 4.92. The third-order valence-corrected chi connectivity index (χ3v) is 2.80. The maximum Gasteiger partial charge on any atom is 0.242 e. The molecule has 5 heteroatoms. The van der Waals surface area contributed by atoms with E-state index in [1.807, 2.05) is 0 Å². The lowest BCUT2D eigenvalue weighted by Crippen LogP contribution is -2.35. The molecule has 3 N–H and O–H groups in total. The summed E-state index contributed by atoms with van der Waals surface area (Å²) in [7, 11) is 1.55. The summed E-state index contributed by atoms with van der Waals surface area (Å²) in [5.41, 5.74) is 6.19. The summed E-state index contributed by atoms with van der Waals surface area (Å²) < 4.78 is 5.81. The third kappa shape index (κ3) is 3.77. The van der Waals surface area contributed by atoms with Gasteiger partial charge in [-0.15, -0.1) is 12.3 Å². The molecule has 1 aromatic carbocycles. The predicted molar refractivity (Wildman–Crippen MR) is 70.7 cm³/mol. The van der Waals surface area contributed by atoms with Crippen LogP contribution in [0, 0.1) is 12.3 Å². The fraction of sp³-hybridized carbons (Fsp3) is 0.250. The van der Waals surface area contributed by atoms with Gasteiger partial charge in [-0.3, -0.25) is 4.79 Å². The van der Waals surface area contributed by atoms with Gasteiger partial charge < -0.3 is 15.8 Å². The van der Waals surface area contributed by atoms with Crippen LogP contribution in [-0.2, 0) is 4.79 Å². The van der Waals surface area contributed by atoms with Gasteiger partial charge in [0.25, 0.3) is 0 Å². The minimum atomic E-state index is -0.710. The van der Waals surface area contributed by atoms with Crippen molar-refractivity contribution < 1.29 is 9.53 Å². The number of nitrogens with two attached hydrogens (primary N) is 1. The second-order valence-electron chi connectivity index (χ2n) is 3.35. The second-order valence-corrected chi connectivity index (χ2v) is 4.20. The number of amides is 1. The number of hydrogen-bond acceptors (Lipinski definition) is 3. The Balaban J connectivity index is 2.81. The highest BCUT2D eigenvalue weighted by Crippen LogP contribution is 2.27. The average molecular weight is 297 g/mol. The number of carbonyl (C=O) groups excluding carboxylic acids is 1. The zero-order chi connectivity index (χ0) is 12.8. The van der Waals surface area contributed by atoms with Crippen molar-refractivity contribution >= 4 is 27.5 Å². The van der Waals surface area contributed by atoms with Crippen LogP contribution in [0.5, 0.6) is 5.75 Å². The monoisotopic (exact) mass is 296 g/mol. The molecule has 0 aliphatic heterocycles. The number of anilines is 1. The fourth-order valence-corrected chi connectivity index (χ4v) is 1.52. The maximum absolute atomic E-state index is 11.7. The second kappa shape index (κ2) is 6.28. The van der Waals surface area contributed by atoms with E-state index >= 15 is 0 Å². The summed E-state index contributed by atoms with van der Waals surface area (Å²) >= 11 is 3.32. The summed E-state index contributed by atoms with van der Waals surface area (Å²) in [6, 6.07) is 4.55. The molecule has 0 aromatic heterocycles. The topological polar surface area (TPSA) is 64.4 Å². The van der Waals surface area contributed by atoms with Crippen LogP contribution in [0.4, 0.5) is 5.69 Å². The van der Waals surface area contributed by atoms with Gasteiger partial charge in [0.2, 0.25) is 5.91 Å². The van der Waals surface area contributed by atoms with Crippen molar-refractivity contribution in [1.29, 1.82) is 0 Å². The molecule has 1 atom stereocenters. The number of hydrogen-bond donors (Lipinski definition) is 2. The van der Waals surface area contributed by atoms with Crippen molar-refractivity contribution in [2.45, 2.75) is 12.5 Å². The molecule has 90 valence electrons. The summed E-state index contributed by atoms with van der Waals surface area (Å²) in [5, 5.41) is 2.68. The molecule has 1 rings (SSSR count). The van der Waals surface area contributed by atoms with Crippen LogP contribution in [0.2, 0.25) is 0 Å². The number of ether oxygens (including phenoxy) is 1. The van der Waals surface area contributed by atoms with Gasteiger partial charge in [0.1, 0.15) is 5.75 Å². The van der Waals surface area contributed by atoms with Gasteiger partial charge in [0, 0.05) is 17.0 Å². The Morgan fingerprint density at radius 2 is 2.41 bits per heavy atom. The van der Waals surface area contributed by atoms with Gasteiger partial charge in [-0.25, -0.2) is 0 Å². The summed E-state index contributed by atoms with van der Waals surface area (Å²) in [5.74, 6) is 2.67. The highest BCUT2D eigenvalue weighted by Gasteiger charge is 2.13. The Morgan fingerprint density at radius 1 is 1.71 bits per heavy atom. The first-order valence-corrected chi connectivity index (χ1v) is 5.71. The van der Waals surface area contributed by atoms with E-state index in [1.54, 1.807) is 25.3 Å². The molecule has 17 heavy (non-hydrogen) atoms. The SMILES string of the molecule is C#CCC(N)C(=O)Nc1cc(OC)ccc1Br. The molecule has 0 saturated carbocycles. The molecule has 1 unspecified atom stereocenters. The Hall–Kier alpha value is -1.51. The molecule has 0 aliphatic carbocycles. The molecule has 0 heterocycles. The summed E-state index contributed by atoms with van der Waals surface area (Å²) in [6.45, 7) is 0. The van der Waals surface area contributed by atoms with Crippen LogP contribution >= 0.6 is 15.9 Å². The molecule has 1 aromatic rings. The van der Waals surface area contributed by atoms with Gasteiger partial charge in [-0.2, -0.15) is 0 Å². The zero-order valence-electron chi connectivity index (χ0n) is 9.37. The van der Waals surface area contributed by atoms with E-state index in [2.05, 4.69) is 27.2 Å². The smallest absolute Gasteiger partial charge is 0.242 e. The van der Waals surface area contributed by atoms with Crippen molar-refractivity contribution in [2.75, 3.05) is 12.4 Å². The van der Waals surface area contributed by atoms with Gasteiger partial charge in [0.15, 0.2) is 0 Å². The number of benzene rings is 1. The molecule has 4 nitrogen and oxygen atoms in total. The molecule has 0 spiro atoms. The van der Waals surface area contributed by atoms with Crippen LogP contribution in [0.25, 0.3) is 0 Å². The lowest BCUT2D eigenvalue weighted by molar-refractivity contribution is -0.117. The van der Waals surface area contributed by atoms with Crippen molar-refractivity contribution in [3.8, 4) is 18.1 Å². The van der Waals surface area contributed by atoms with Crippen LogP contribution in [-0.4, -0.2) is 19.1 Å². The lowest BCUT2D eigenvalue weighted by atomic mass is 10.2. The summed E-state index contributed by atoms with van der Waals surface area (Å²) in [4.78, 5) is 11.7. The lowest BCUT2D eigenvalue weighted by Gasteiger charge is -2.12. The molecular weight excluding hydrogens is 284 g/mol. The number of terminal acetylenes is 1. The molecule has 0 radical (unpaired) electrons. The number of methoxy groups -OCH3 is 1. The molecule has 0 fully saturated rings. The molecular formula is C12H13BrN2O2. The van der Waals surface area contributed by atoms with Crippen LogP contribution in [0.1, 0.15) is 6.42 Å². The van der Waals surface area contributed by atoms with Crippen LogP contribution < -0.4 is 15.8 Å². The Labute approximate surface area is 109 Å². The number of nitrogens with one attached hydrogen (secondary N) is 1. The first kappa shape index (κ1) is 13.6. The molecule has 0 bridgehead atoms. The van der Waals surface area contributed by atoms with E-state index in [9.17, 15) is 4.79 Å². The minimum absolute atomic E-state index is 0.202. The highest BCUT2D eigenvalue weighted by atomic mass is 79.9. The van der Waals surface area contributed by atoms with Gasteiger partial charge in [-0.1, -0.05) is 0 Å². The van der Waals surface area contributed by atoms with E-state index in [0.717, 1.165) is 4.47 Å². The maximum atomic E-state index is 11.7. The number of carbonyl (C=O) groups is 1. The van der Waals surface area contributed by atoms with Crippen molar-refractivity contribution in [1.82, 2.24) is 0 Å². The zero-order valence-corrected chi connectivity index (χ0v) is 11.0.